The highest BCUT2D eigenvalue weighted by atomic mass is 16.4. The molecule has 4 N–H and O–H groups in total. The SMILES string of the molecule is Cc1cc(/C(N)=N/O)cc(N2CCC(O)C(C)C2)n1. The molecule has 2 unspecified atom stereocenters. The van der Waals surface area contributed by atoms with E-state index in [1.54, 1.807) is 6.07 Å². The first-order valence-corrected chi connectivity index (χ1v) is 6.41. The van der Waals surface area contributed by atoms with Crippen molar-refractivity contribution in [3.63, 3.8) is 0 Å². The van der Waals surface area contributed by atoms with Crippen molar-refractivity contribution in [3.8, 4) is 0 Å². The zero-order valence-electron chi connectivity index (χ0n) is 11.2. The molecule has 0 bridgehead atoms. The number of aliphatic hydroxyl groups is 1. The molecule has 0 saturated carbocycles. The molecule has 0 aliphatic carbocycles. The summed E-state index contributed by atoms with van der Waals surface area (Å²) >= 11 is 0. The highest BCUT2D eigenvalue weighted by molar-refractivity contribution is 5.97. The molecule has 6 heteroatoms. The third kappa shape index (κ3) is 2.96. The molecule has 0 spiro atoms. The molecule has 2 rings (SSSR count). The first kappa shape index (κ1) is 13.6. The van der Waals surface area contributed by atoms with Gasteiger partial charge in [0.2, 0.25) is 0 Å². The molecular weight excluding hydrogens is 244 g/mol. The third-order valence-electron chi connectivity index (χ3n) is 3.53. The molecule has 1 aromatic rings. The number of hydrogen-bond donors (Lipinski definition) is 3. The van der Waals surface area contributed by atoms with Gasteiger partial charge in [0.25, 0.3) is 0 Å². The maximum atomic E-state index is 9.76. The minimum absolute atomic E-state index is 0.0804. The van der Waals surface area contributed by atoms with Gasteiger partial charge in [-0.15, -0.1) is 0 Å². The van der Waals surface area contributed by atoms with E-state index in [1.807, 2.05) is 19.9 Å². The van der Waals surface area contributed by atoms with Crippen LogP contribution in [0.3, 0.4) is 0 Å². The van der Waals surface area contributed by atoms with Gasteiger partial charge in [0.05, 0.1) is 6.10 Å². The number of hydrogen-bond acceptors (Lipinski definition) is 5. The van der Waals surface area contributed by atoms with Crippen LogP contribution < -0.4 is 10.6 Å². The number of oxime groups is 1. The summed E-state index contributed by atoms with van der Waals surface area (Å²) in [5.41, 5.74) is 7.10. The van der Waals surface area contributed by atoms with Gasteiger partial charge in [-0.25, -0.2) is 4.98 Å². The van der Waals surface area contributed by atoms with E-state index in [4.69, 9.17) is 10.9 Å². The quantitative estimate of drug-likeness (QED) is 0.316. The minimum atomic E-state index is -0.246. The standard InChI is InChI=1S/C13H20N4O2/c1-8-7-17(4-3-11(8)18)12-6-10(13(14)16-19)5-9(2)15-12/h5-6,8,11,18-19H,3-4,7H2,1-2H3,(H2,14,16). The summed E-state index contributed by atoms with van der Waals surface area (Å²) in [6.45, 7) is 5.42. The fraction of sp³-hybridized carbons (Fsp3) is 0.538. The van der Waals surface area contributed by atoms with Crippen molar-refractivity contribution in [3.05, 3.63) is 23.4 Å². The van der Waals surface area contributed by atoms with Gasteiger partial charge >= 0.3 is 0 Å². The number of anilines is 1. The second-order valence-corrected chi connectivity index (χ2v) is 5.12. The molecule has 0 radical (unpaired) electrons. The Hall–Kier alpha value is -1.82. The number of aryl methyl sites for hydroxylation is 1. The maximum Gasteiger partial charge on any atom is 0.170 e. The van der Waals surface area contributed by atoms with E-state index >= 15 is 0 Å². The van der Waals surface area contributed by atoms with Crippen LogP contribution in [0.2, 0.25) is 0 Å². The smallest absolute Gasteiger partial charge is 0.170 e. The molecular formula is C13H20N4O2. The van der Waals surface area contributed by atoms with E-state index in [9.17, 15) is 5.11 Å². The van der Waals surface area contributed by atoms with Crippen LogP contribution in [-0.4, -0.2) is 40.3 Å². The monoisotopic (exact) mass is 264 g/mol. The molecule has 1 aliphatic rings. The Kier molecular flexibility index (Phi) is 3.90. The van der Waals surface area contributed by atoms with Crippen LogP contribution in [0.5, 0.6) is 0 Å². The molecule has 0 amide bonds. The van der Waals surface area contributed by atoms with Crippen molar-refractivity contribution in [2.24, 2.45) is 16.8 Å². The Morgan fingerprint density at radius 3 is 2.89 bits per heavy atom. The van der Waals surface area contributed by atoms with Gasteiger partial charge in [0.1, 0.15) is 5.82 Å². The summed E-state index contributed by atoms with van der Waals surface area (Å²) in [6, 6.07) is 3.59. The van der Waals surface area contributed by atoms with Crippen molar-refractivity contribution in [2.45, 2.75) is 26.4 Å². The Bertz CT molecular complexity index is 490. The van der Waals surface area contributed by atoms with Gasteiger partial charge in [-0.05, 0) is 31.4 Å². The Labute approximate surface area is 112 Å². The van der Waals surface area contributed by atoms with Crippen LogP contribution in [0.15, 0.2) is 17.3 Å². The number of rotatable bonds is 2. The minimum Gasteiger partial charge on any atom is -0.409 e. The molecule has 1 saturated heterocycles. The van der Waals surface area contributed by atoms with Gasteiger partial charge in [0.15, 0.2) is 5.84 Å². The zero-order valence-corrected chi connectivity index (χ0v) is 11.2. The molecule has 1 aliphatic heterocycles. The lowest BCUT2D eigenvalue weighted by atomic mass is 9.96. The second-order valence-electron chi connectivity index (χ2n) is 5.12. The molecule has 6 nitrogen and oxygen atoms in total. The Morgan fingerprint density at radius 1 is 1.53 bits per heavy atom. The summed E-state index contributed by atoms with van der Waals surface area (Å²) in [4.78, 5) is 6.61. The van der Waals surface area contributed by atoms with Crippen molar-refractivity contribution in [1.82, 2.24) is 4.98 Å². The summed E-state index contributed by atoms with van der Waals surface area (Å²) < 4.78 is 0. The molecule has 2 heterocycles. The van der Waals surface area contributed by atoms with E-state index in [-0.39, 0.29) is 17.9 Å². The Balaban J connectivity index is 2.27. The van der Waals surface area contributed by atoms with Gasteiger partial charge in [0, 0.05) is 24.3 Å². The lowest BCUT2D eigenvalue weighted by molar-refractivity contribution is 0.0969. The van der Waals surface area contributed by atoms with Gasteiger partial charge in [-0.1, -0.05) is 12.1 Å². The number of nitrogens with two attached hydrogens (primary N) is 1. The fourth-order valence-electron chi connectivity index (χ4n) is 2.36. The molecule has 19 heavy (non-hydrogen) atoms. The van der Waals surface area contributed by atoms with Crippen molar-refractivity contribution < 1.29 is 10.3 Å². The lowest BCUT2D eigenvalue weighted by Crippen LogP contribution is -2.42. The molecule has 104 valence electrons. The van der Waals surface area contributed by atoms with Crippen LogP contribution in [-0.2, 0) is 0 Å². The molecule has 0 aromatic carbocycles. The maximum absolute atomic E-state index is 9.76. The summed E-state index contributed by atoms with van der Waals surface area (Å²) in [6.07, 6.45) is 0.486. The van der Waals surface area contributed by atoms with Crippen molar-refractivity contribution in [1.29, 1.82) is 0 Å². The van der Waals surface area contributed by atoms with Crippen LogP contribution >= 0.6 is 0 Å². The fourth-order valence-corrected chi connectivity index (χ4v) is 2.36. The molecule has 1 aromatic heterocycles. The van der Waals surface area contributed by atoms with E-state index in [0.29, 0.717) is 5.56 Å². The highest BCUT2D eigenvalue weighted by Gasteiger charge is 2.25. The van der Waals surface area contributed by atoms with Gasteiger partial charge in [-0.3, -0.25) is 0 Å². The van der Waals surface area contributed by atoms with E-state index in [0.717, 1.165) is 31.0 Å². The average Bonchev–Trinajstić information content (AvgIpc) is 2.40. The van der Waals surface area contributed by atoms with E-state index in [1.165, 1.54) is 0 Å². The second kappa shape index (κ2) is 5.44. The summed E-state index contributed by atoms with van der Waals surface area (Å²) in [5, 5.41) is 21.5. The highest BCUT2D eigenvalue weighted by Crippen LogP contribution is 2.23. The van der Waals surface area contributed by atoms with Crippen LogP contribution in [0.4, 0.5) is 5.82 Å². The largest absolute Gasteiger partial charge is 0.409 e. The third-order valence-corrected chi connectivity index (χ3v) is 3.53. The van der Waals surface area contributed by atoms with E-state index in [2.05, 4.69) is 15.0 Å². The summed E-state index contributed by atoms with van der Waals surface area (Å²) in [7, 11) is 0. The van der Waals surface area contributed by atoms with Crippen molar-refractivity contribution in [2.75, 3.05) is 18.0 Å². The number of pyridine rings is 1. The molecule has 2 atom stereocenters. The van der Waals surface area contributed by atoms with Crippen LogP contribution in [0, 0.1) is 12.8 Å². The first-order valence-electron chi connectivity index (χ1n) is 6.41. The normalized spacial score (nSPS) is 24.6. The summed E-state index contributed by atoms with van der Waals surface area (Å²) in [5.74, 6) is 1.10. The number of nitrogens with zero attached hydrogens (tertiary/aromatic N) is 3. The number of piperidine rings is 1. The molecule has 1 fully saturated rings. The van der Waals surface area contributed by atoms with Gasteiger partial charge in [-0.2, -0.15) is 0 Å². The zero-order chi connectivity index (χ0) is 14.0. The van der Waals surface area contributed by atoms with Crippen molar-refractivity contribution >= 4 is 11.7 Å². The predicted octanol–water partition coefficient (Wildman–Crippen LogP) is 0.692. The lowest BCUT2D eigenvalue weighted by Gasteiger charge is -2.35. The van der Waals surface area contributed by atoms with E-state index < -0.39 is 0 Å². The van der Waals surface area contributed by atoms with Crippen LogP contribution in [0.1, 0.15) is 24.6 Å². The van der Waals surface area contributed by atoms with Crippen LogP contribution in [0.25, 0.3) is 0 Å². The number of amidine groups is 1. The van der Waals surface area contributed by atoms with Gasteiger partial charge < -0.3 is 20.9 Å². The average molecular weight is 264 g/mol. The number of aliphatic hydroxyl groups excluding tert-OH is 1. The Morgan fingerprint density at radius 2 is 2.26 bits per heavy atom. The first-order chi connectivity index (χ1) is 9.01. The number of aromatic nitrogens is 1. The topological polar surface area (TPSA) is 95.0 Å². The predicted molar refractivity (Wildman–Crippen MR) is 73.5 cm³/mol.